The van der Waals surface area contributed by atoms with Crippen LogP contribution in [0.25, 0.3) is 21.5 Å². The van der Waals surface area contributed by atoms with Gasteiger partial charge in [0.1, 0.15) is 5.75 Å². The minimum atomic E-state index is -0.338. The molecule has 3 aromatic carbocycles. The van der Waals surface area contributed by atoms with E-state index >= 15 is 0 Å². The molecule has 0 spiro atoms. The quantitative estimate of drug-likeness (QED) is 0.178. The maximum absolute atomic E-state index is 13.2. The van der Waals surface area contributed by atoms with Crippen molar-refractivity contribution in [1.29, 1.82) is 0 Å². The molecule has 0 aromatic heterocycles. The zero-order chi connectivity index (χ0) is 25.5. The monoisotopic (exact) mass is 549 g/mol. The zero-order valence-electron chi connectivity index (χ0n) is 22.8. The van der Waals surface area contributed by atoms with Crippen molar-refractivity contribution in [3.63, 3.8) is 0 Å². The fourth-order valence-corrected chi connectivity index (χ4v) is 4.34. The van der Waals surface area contributed by atoms with Gasteiger partial charge in [-0.3, -0.25) is 0 Å². The number of amides is 1. The van der Waals surface area contributed by atoms with Gasteiger partial charge in [0, 0.05) is 24.2 Å². The van der Waals surface area contributed by atoms with Crippen molar-refractivity contribution in [2.24, 2.45) is 11.5 Å². The maximum atomic E-state index is 13.2. The molecule has 0 aliphatic rings. The number of benzene rings is 3. The van der Waals surface area contributed by atoms with Gasteiger partial charge >= 0.3 is 6.09 Å². The molecule has 3 aromatic rings. The number of nitrogens with zero attached hydrogens (tertiary/aromatic N) is 1. The number of unbranched alkanes of at least 4 members (excludes halogenated alkanes) is 4. The second kappa shape index (κ2) is 14.8. The molecule has 5 nitrogen and oxygen atoms in total. The van der Waals surface area contributed by atoms with Crippen molar-refractivity contribution in [3.8, 4) is 5.75 Å². The average Bonchev–Trinajstić information content (AvgIpc) is 2.78. The van der Waals surface area contributed by atoms with E-state index in [-0.39, 0.29) is 42.0 Å². The molecule has 0 heterocycles. The molecule has 0 saturated heterocycles. The first-order chi connectivity index (χ1) is 16.5. The molecule has 7 heteroatoms. The van der Waals surface area contributed by atoms with Crippen molar-refractivity contribution in [2.45, 2.75) is 83.7 Å². The zero-order valence-corrected chi connectivity index (χ0v) is 24.4. The Morgan fingerprint density at radius 2 is 1.30 bits per heavy atom. The number of rotatable bonds is 12. The van der Waals surface area contributed by atoms with Crippen LogP contribution >= 0.6 is 24.8 Å². The number of fused-ring (bicyclic) bond motifs is 3. The molecule has 3 rings (SSSR count). The predicted octanol–water partition coefficient (Wildman–Crippen LogP) is 7.84. The largest absolute Gasteiger partial charge is 0.415 e. The molecular weight excluding hydrogens is 505 g/mol. The Morgan fingerprint density at radius 3 is 1.97 bits per heavy atom. The molecule has 4 N–H and O–H groups in total. The first kappa shape index (κ1) is 33.0. The third kappa shape index (κ3) is 11.1. The second-order valence-corrected chi connectivity index (χ2v) is 11.3. The number of ether oxygens (including phenoxy) is 1. The lowest BCUT2D eigenvalue weighted by molar-refractivity contribution is 0.147. The minimum Gasteiger partial charge on any atom is -0.410 e. The average molecular weight is 551 g/mol. The first-order valence-corrected chi connectivity index (χ1v) is 13.0. The van der Waals surface area contributed by atoms with E-state index in [2.05, 4.69) is 38.1 Å². The molecule has 0 bridgehead atoms. The van der Waals surface area contributed by atoms with E-state index in [1.807, 2.05) is 49.1 Å². The summed E-state index contributed by atoms with van der Waals surface area (Å²) in [5.41, 5.74) is 11.8. The highest BCUT2D eigenvalue weighted by Gasteiger charge is 2.20. The molecular formula is C30H45Cl2N3O2. The topological polar surface area (TPSA) is 81.6 Å². The van der Waals surface area contributed by atoms with Gasteiger partial charge in [-0.25, -0.2) is 4.79 Å². The summed E-state index contributed by atoms with van der Waals surface area (Å²) in [6.07, 6.45) is 6.96. The van der Waals surface area contributed by atoms with Crippen molar-refractivity contribution in [2.75, 3.05) is 13.1 Å². The molecule has 0 atom stereocenters. The van der Waals surface area contributed by atoms with Crippen LogP contribution in [0.2, 0.25) is 0 Å². The summed E-state index contributed by atoms with van der Waals surface area (Å²) in [7, 11) is 0. The van der Waals surface area contributed by atoms with Crippen LogP contribution < -0.4 is 16.2 Å². The Bertz CT molecular complexity index is 1120. The molecule has 206 valence electrons. The van der Waals surface area contributed by atoms with E-state index in [4.69, 9.17) is 16.2 Å². The fraction of sp³-hybridized carbons (Fsp3) is 0.500. The second-order valence-electron chi connectivity index (χ2n) is 11.3. The van der Waals surface area contributed by atoms with Crippen molar-refractivity contribution >= 4 is 52.5 Å². The summed E-state index contributed by atoms with van der Waals surface area (Å²) < 4.78 is 5.86. The van der Waals surface area contributed by atoms with Gasteiger partial charge < -0.3 is 21.1 Å². The van der Waals surface area contributed by atoms with E-state index in [1.54, 1.807) is 0 Å². The Kier molecular flexibility index (Phi) is 13.2. The summed E-state index contributed by atoms with van der Waals surface area (Å²) in [6.45, 7) is 9.39. The summed E-state index contributed by atoms with van der Waals surface area (Å²) >= 11 is 0. The van der Waals surface area contributed by atoms with Crippen molar-refractivity contribution in [1.82, 2.24) is 4.90 Å². The van der Waals surface area contributed by atoms with E-state index in [0.29, 0.717) is 18.8 Å². The number of hydrogen-bond acceptors (Lipinski definition) is 4. The SMILES string of the molecule is CC(C)(N)CCCCCCCN(CCC(C)(C)N)C(=O)Oc1ccc2ccc3ccccc3c2c1.Cl.Cl. The highest BCUT2D eigenvalue weighted by atomic mass is 35.5. The molecule has 0 aliphatic heterocycles. The van der Waals surface area contributed by atoms with Gasteiger partial charge in [-0.05, 0) is 80.6 Å². The number of hydrogen-bond donors (Lipinski definition) is 2. The Morgan fingerprint density at radius 1 is 0.730 bits per heavy atom. The lowest BCUT2D eigenvalue weighted by atomic mass is 9.97. The van der Waals surface area contributed by atoms with Gasteiger partial charge in [0.05, 0.1) is 0 Å². The lowest BCUT2D eigenvalue weighted by Crippen LogP contribution is -2.41. The third-order valence-corrected chi connectivity index (χ3v) is 6.46. The van der Waals surface area contributed by atoms with Crippen molar-refractivity contribution in [3.05, 3.63) is 54.6 Å². The van der Waals surface area contributed by atoms with Gasteiger partial charge in [0.15, 0.2) is 0 Å². The Balaban J connectivity index is 0.00000342. The molecule has 0 fully saturated rings. The smallest absolute Gasteiger partial charge is 0.410 e. The van der Waals surface area contributed by atoms with Crippen molar-refractivity contribution < 1.29 is 9.53 Å². The summed E-state index contributed by atoms with van der Waals surface area (Å²) in [5, 5.41) is 4.54. The Labute approximate surface area is 235 Å². The van der Waals surface area contributed by atoms with Gasteiger partial charge in [-0.1, -0.05) is 68.1 Å². The van der Waals surface area contributed by atoms with Crippen LogP contribution in [0.4, 0.5) is 4.79 Å². The van der Waals surface area contributed by atoms with Gasteiger partial charge in [0.25, 0.3) is 0 Å². The van der Waals surface area contributed by atoms with Gasteiger partial charge in [-0.2, -0.15) is 0 Å². The van der Waals surface area contributed by atoms with Crippen LogP contribution in [-0.4, -0.2) is 35.2 Å². The first-order valence-electron chi connectivity index (χ1n) is 13.0. The highest BCUT2D eigenvalue weighted by Crippen LogP contribution is 2.29. The van der Waals surface area contributed by atoms with Crippen LogP contribution in [0, 0.1) is 0 Å². The molecule has 0 saturated carbocycles. The number of nitrogens with two attached hydrogens (primary N) is 2. The van der Waals surface area contributed by atoms with E-state index in [1.165, 1.54) is 11.8 Å². The highest BCUT2D eigenvalue weighted by molar-refractivity contribution is 6.07. The maximum Gasteiger partial charge on any atom is 0.415 e. The fourth-order valence-electron chi connectivity index (χ4n) is 4.34. The standard InChI is InChI=1S/C30H43N3O2.2ClH/c1-29(2,31)18-10-6-5-7-11-20-33(21-19-30(3,4)32)28(34)35-25-17-16-24-15-14-23-12-8-9-13-26(23)27(24)22-25;;/h8-9,12-17,22H,5-7,10-11,18-21,31-32H2,1-4H3;2*1H. The summed E-state index contributed by atoms with van der Waals surface area (Å²) in [4.78, 5) is 15.0. The van der Waals surface area contributed by atoms with E-state index in [9.17, 15) is 4.79 Å². The molecule has 0 radical (unpaired) electrons. The lowest BCUT2D eigenvalue weighted by Gasteiger charge is -2.26. The third-order valence-electron chi connectivity index (χ3n) is 6.46. The predicted molar refractivity (Wildman–Crippen MR) is 162 cm³/mol. The van der Waals surface area contributed by atoms with Crippen LogP contribution in [0.3, 0.4) is 0 Å². The normalized spacial score (nSPS) is 11.6. The number of halogens is 2. The molecule has 1 amide bonds. The van der Waals surface area contributed by atoms with Gasteiger partial charge in [0.2, 0.25) is 0 Å². The van der Waals surface area contributed by atoms with Crippen LogP contribution in [-0.2, 0) is 0 Å². The Hall–Kier alpha value is -2.05. The number of carbonyl (C=O) groups excluding carboxylic acids is 1. The van der Waals surface area contributed by atoms with Crippen LogP contribution in [0.15, 0.2) is 54.6 Å². The van der Waals surface area contributed by atoms with Crippen LogP contribution in [0.5, 0.6) is 5.75 Å². The minimum absolute atomic E-state index is 0. The molecule has 37 heavy (non-hydrogen) atoms. The summed E-state index contributed by atoms with van der Waals surface area (Å²) in [6, 6.07) is 18.4. The van der Waals surface area contributed by atoms with Gasteiger partial charge in [-0.15, -0.1) is 24.8 Å². The van der Waals surface area contributed by atoms with Crippen LogP contribution in [0.1, 0.15) is 72.6 Å². The molecule has 0 aliphatic carbocycles. The van der Waals surface area contributed by atoms with E-state index in [0.717, 1.165) is 54.7 Å². The number of carbonyl (C=O) groups is 1. The summed E-state index contributed by atoms with van der Waals surface area (Å²) in [5.74, 6) is 0.570. The van der Waals surface area contributed by atoms with E-state index < -0.39 is 0 Å². The molecule has 0 unspecified atom stereocenters.